The van der Waals surface area contributed by atoms with Gasteiger partial charge in [0.25, 0.3) is 0 Å². The van der Waals surface area contributed by atoms with Gasteiger partial charge in [-0.25, -0.2) is 4.79 Å². The number of carbonyl (C=O) groups is 1. The Bertz CT molecular complexity index is 729. The van der Waals surface area contributed by atoms with Gasteiger partial charge >= 0.3 is 6.03 Å². The standard InChI is InChI=1S/C22H30N2O3/c1-5-17-7-10-19(11-8-17)16(3)24-22(25)23-14-13-18-9-12-20(27-6-2)21(15-18)26-4/h7-12,15-16H,5-6,13-14H2,1-4H3,(H2,23,24,25). The molecule has 2 N–H and O–H groups in total. The highest BCUT2D eigenvalue weighted by Gasteiger charge is 2.10. The SMILES string of the molecule is CCOc1ccc(CCNC(=O)NC(C)c2ccc(CC)cc2)cc1OC. The number of benzene rings is 2. The van der Waals surface area contributed by atoms with Gasteiger partial charge in [-0.3, -0.25) is 0 Å². The minimum Gasteiger partial charge on any atom is -0.493 e. The van der Waals surface area contributed by atoms with Gasteiger partial charge in [-0.1, -0.05) is 37.3 Å². The summed E-state index contributed by atoms with van der Waals surface area (Å²) in [6.07, 6.45) is 1.73. The molecule has 0 aliphatic heterocycles. The quantitative estimate of drug-likeness (QED) is 0.693. The Morgan fingerprint density at radius 2 is 1.74 bits per heavy atom. The molecule has 0 saturated carbocycles. The van der Waals surface area contributed by atoms with Crippen LogP contribution >= 0.6 is 0 Å². The Hall–Kier alpha value is -2.69. The van der Waals surface area contributed by atoms with E-state index in [1.54, 1.807) is 7.11 Å². The van der Waals surface area contributed by atoms with E-state index >= 15 is 0 Å². The summed E-state index contributed by atoms with van der Waals surface area (Å²) in [4.78, 5) is 12.1. The van der Waals surface area contributed by atoms with Gasteiger partial charge in [0.05, 0.1) is 19.8 Å². The molecule has 2 aromatic rings. The third kappa shape index (κ3) is 6.20. The summed E-state index contributed by atoms with van der Waals surface area (Å²) < 4.78 is 10.9. The second kappa shape index (κ2) is 10.5. The van der Waals surface area contributed by atoms with Gasteiger partial charge in [-0.15, -0.1) is 0 Å². The van der Waals surface area contributed by atoms with Crippen LogP contribution in [-0.4, -0.2) is 26.3 Å². The topological polar surface area (TPSA) is 59.6 Å². The second-order valence-electron chi connectivity index (χ2n) is 6.39. The van der Waals surface area contributed by atoms with Crippen molar-refractivity contribution in [1.29, 1.82) is 0 Å². The lowest BCUT2D eigenvalue weighted by molar-refractivity contribution is 0.238. The zero-order chi connectivity index (χ0) is 19.6. The molecule has 0 radical (unpaired) electrons. The molecule has 1 unspecified atom stereocenters. The fraction of sp³-hybridized carbons (Fsp3) is 0.409. The monoisotopic (exact) mass is 370 g/mol. The molecule has 0 heterocycles. The van der Waals surface area contributed by atoms with Crippen LogP contribution in [-0.2, 0) is 12.8 Å². The maximum absolute atomic E-state index is 12.1. The van der Waals surface area contributed by atoms with Gasteiger partial charge in [0.2, 0.25) is 0 Å². The molecule has 2 rings (SSSR count). The summed E-state index contributed by atoms with van der Waals surface area (Å²) in [5, 5.41) is 5.88. The summed E-state index contributed by atoms with van der Waals surface area (Å²) in [5.41, 5.74) is 3.47. The number of amides is 2. The number of methoxy groups -OCH3 is 1. The molecule has 0 aromatic heterocycles. The van der Waals surface area contributed by atoms with E-state index in [-0.39, 0.29) is 12.1 Å². The average Bonchev–Trinajstić information content (AvgIpc) is 2.69. The minimum absolute atomic E-state index is 0.0403. The van der Waals surface area contributed by atoms with Gasteiger partial charge in [-0.2, -0.15) is 0 Å². The van der Waals surface area contributed by atoms with Gasteiger partial charge < -0.3 is 20.1 Å². The van der Waals surface area contributed by atoms with E-state index in [9.17, 15) is 4.79 Å². The predicted octanol–water partition coefficient (Wildman–Crippen LogP) is 4.26. The van der Waals surface area contributed by atoms with Crippen LogP contribution in [0.5, 0.6) is 11.5 Å². The fourth-order valence-electron chi connectivity index (χ4n) is 2.84. The molecule has 0 aliphatic carbocycles. The average molecular weight is 370 g/mol. The lowest BCUT2D eigenvalue weighted by Crippen LogP contribution is -2.38. The summed E-state index contributed by atoms with van der Waals surface area (Å²) in [5.74, 6) is 1.44. The fourth-order valence-corrected chi connectivity index (χ4v) is 2.84. The van der Waals surface area contributed by atoms with Crippen LogP contribution in [0.3, 0.4) is 0 Å². The maximum Gasteiger partial charge on any atom is 0.315 e. The molecule has 0 fully saturated rings. The lowest BCUT2D eigenvalue weighted by Gasteiger charge is -2.16. The van der Waals surface area contributed by atoms with E-state index in [0.717, 1.165) is 29.7 Å². The van der Waals surface area contributed by atoms with Crippen LogP contribution < -0.4 is 20.1 Å². The van der Waals surface area contributed by atoms with E-state index in [4.69, 9.17) is 9.47 Å². The van der Waals surface area contributed by atoms with Crippen LogP contribution in [0.15, 0.2) is 42.5 Å². The molecule has 0 aliphatic rings. The van der Waals surface area contributed by atoms with E-state index in [2.05, 4.69) is 41.8 Å². The third-order valence-corrected chi connectivity index (χ3v) is 4.46. The number of nitrogens with one attached hydrogen (secondary N) is 2. The van der Waals surface area contributed by atoms with E-state index < -0.39 is 0 Å². The third-order valence-electron chi connectivity index (χ3n) is 4.46. The molecular weight excluding hydrogens is 340 g/mol. The number of aryl methyl sites for hydroxylation is 1. The van der Waals surface area contributed by atoms with Crippen molar-refractivity contribution >= 4 is 6.03 Å². The number of carbonyl (C=O) groups excluding carboxylic acids is 1. The van der Waals surface area contributed by atoms with E-state index in [1.807, 2.05) is 32.0 Å². The Morgan fingerprint density at radius 3 is 2.37 bits per heavy atom. The van der Waals surface area contributed by atoms with Crippen molar-refractivity contribution in [1.82, 2.24) is 10.6 Å². The number of ether oxygens (including phenoxy) is 2. The van der Waals surface area contributed by atoms with Crippen LogP contribution in [0.2, 0.25) is 0 Å². The molecule has 2 aromatic carbocycles. The maximum atomic E-state index is 12.1. The Balaban J connectivity index is 1.81. The lowest BCUT2D eigenvalue weighted by atomic mass is 10.1. The number of urea groups is 1. The molecule has 27 heavy (non-hydrogen) atoms. The number of hydrogen-bond acceptors (Lipinski definition) is 3. The van der Waals surface area contributed by atoms with Gasteiger partial charge in [0.1, 0.15) is 0 Å². The van der Waals surface area contributed by atoms with Crippen molar-refractivity contribution in [2.75, 3.05) is 20.3 Å². The van der Waals surface area contributed by atoms with Crippen molar-refractivity contribution in [3.63, 3.8) is 0 Å². The first-order valence-corrected chi connectivity index (χ1v) is 9.50. The van der Waals surface area contributed by atoms with Crippen LogP contribution in [0, 0.1) is 0 Å². The zero-order valence-corrected chi connectivity index (χ0v) is 16.7. The highest BCUT2D eigenvalue weighted by Crippen LogP contribution is 2.28. The Morgan fingerprint density at radius 1 is 1.04 bits per heavy atom. The molecule has 146 valence electrons. The second-order valence-corrected chi connectivity index (χ2v) is 6.39. The Labute approximate surface area is 162 Å². The summed E-state index contributed by atoms with van der Waals surface area (Å²) >= 11 is 0. The van der Waals surface area contributed by atoms with Gasteiger partial charge in [0, 0.05) is 6.54 Å². The van der Waals surface area contributed by atoms with Crippen molar-refractivity contribution < 1.29 is 14.3 Å². The molecule has 0 saturated heterocycles. The Kier molecular flexibility index (Phi) is 7.99. The van der Waals surface area contributed by atoms with Crippen molar-refractivity contribution in [3.8, 4) is 11.5 Å². The molecule has 5 heteroatoms. The molecular formula is C22H30N2O3. The van der Waals surface area contributed by atoms with Crippen molar-refractivity contribution in [2.45, 2.75) is 39.7 Å². The first-order valence-electron chi connectivity index (χ1n) is 9.50. The van der Waals surface area contributed by atoms with Crippen molar-refractivity contribution in [2.24, 2.45) is 0 Å². The van der Waals surface area contributed by atoms with Crippen LogP contribution in [0.1, 0.15) is 43.5 Å². The normalized spacial score (nSPS) is 11.6. The van der Waals surface area contributed by atoms with Crippen LogP contribution in [0.4, 0.5) is 4.79 Å². The highest BCUT2D eigenvalue weighted by atomic mass is 16.5. The molecule has 0 bridgehead atoms. The van der Waals surface area contributed by atoms with Gasteiger partial charge in [0.15, 0.2) is 11.5 Å². The largest absolute Gasteiger partial charge is 0.493 e. The zero-order valence-electron chi connectivity index (χ0n) is 16.7. The van der Waals surface area contributed by atoms with Crippen LogP contribution in [0.25, 0.3) is 0 Å². The molecule has 5 nitrogen and oxygen atoms in total. The minimum atomic E-state index is -0.167. The first kappa shape index (κ1) is 20.6. The number of rotatable bonds is 9. The van der Waals surface area contributed by atoms with E-state index in [0.29, 0.717) is 18.9 Å². The predicted molar refractivity (Wildman–Crippen MR) is 109 cm³/mol. The van der Waals surface area contributed by atoms with Gasteiger partial charge in [-0.05, 0) is 55.5 Å². The smallest absolute Gasteiger partial charge is 0.315 e. The van der Waals surface area contributed by atoms with E-state index in [1.165, 1.54) is 5.56 Å². The first-order chi connectivity index (χ1) is 13.1. The summed E-state index contributed by atoms with van der Waals surface area (Å²) in [7, 11) is 1.63. The summed E-state index contributed by atoms with van der Waals surface area (Å²) in [6.45, 7) is 7.19. The molecule has 2 amide bonds. The summed E-state index contributed by atoms with van der Waals surface area (Å²) in [6, 6.07) is 14.0. The molecule has 1 atom stereocenters. The molecule has 0 spiro atoms. The highest BCUT2D eigenvalue weighted by molar-refractivity contribution is 5.74. The van der Waals surface area contributed by atoms with Crippen molar-refractivity contribution in [3.05, 3.63) is 59.2 Å². The number of hydrogen-bond donors (Lipinski definition) is 2.